The Morgan fingerprint density at radius 1 is 0.950 bits per heavy atom. The number of nitrogens with one attached hydrogen (secondary N) is 2. The molecule has 1 aromatic carbocycles. The summed E-state index contributed by atoms with van der Waals surface area (Å²) in [6, 6.07) is 10.2. The third kappa shape index (κ3) is 6.68. The number of aromatic nitrogens is 9. The molecule has 0 amide bonds. The SMILES string of the molecule is CCOC(=O)C(C)(C)C(C)(C)C/C(=C(/C)n1cc(CN(Cc2cn[nH]n2)Cc2cn[nH]n2)nn1)c1ccccc1. The van der Waals surface area contributed by atoms with Crippen molar-refractivity contribution >= 4 is 17.2 Å². The summed E-state index contributed by atoms with van der Waals surface area (Å²) in [5.74, 6) is -0.201. The highest BCUT2D eigenvalue weighted by Crippen LogP contribution is 2.47. The van der Waals surface area contributed by atoms with E-state index in [1.165, 1.54) is 0 Å². The summed E-state index contributed by atoms with van der Waals surface area (Å²) < 4.78 is 7.25. The zero-order chi connectivity index (χ0) is 28.8. The molecule has 0 bridgehead atoms. The van der Waals surface area contributed by atoms with Crippen LogP contribution in [0.15, 0.2) is 48.9 Å². The highest BCUT2D eigenvalue weighted by Gasteiger charge is 2.45. The van der Waals surface area contributed by atoms with Crippen LogP contribution in [0.5, 0.6) is 0 Å². The van der Waals surface area contributed by atoms with Crippen LogP contribution in [0.1, 0.15) is 70.6 Å². The Balaban J connectivity index is 1.63. The molecule has 3 heterocycles. The number of rotatable bonds is 13. The Hall–Kier alpha value is -4.19. The molecule has 0 aliphatic heterocycles. The van der Waals surface area contributed by atoms with Crippen molar-refractivity contribution in [2.75, 3.05) is 6.61 Å². The fourth-order valence-electron chi connectivity index (χ4n) is 4.46. The number of carbonyl (C=O) groups is 1. The van der Waals surface area contributed by atoms with Crippen molar-refractivity contribution in [2.45, 2.75) is 67.6 Å². The monoisotopic (exact) mass is 546 g/mol. The minimum Gasteiger partial charge on any atom is -0.466 e. The summed E-state index contributed by atoms with van der Waals surface area (Å²) in [6.45, 7) is 14.0. The Labute approximate surface area is 234 Å². The van der Waals surface area contributed by atoms with E-state index in [0.717, 1.165) is 33.9 Å². The Kier molecular flexibility index (Phi) is 8.88. The van der Waals surface area contributed by atoms with Crippen molar-refractivity contribution in [1.29, 1.82) is 0 Å². The summed E-state index contributed by atoms with van der Waals surface area (Å²) in [4.78, 5) is 15.1. The maximum atomic E-state index is 12.9. The van der Waals surface area contributed by atoms with Crippen LogP contribution in [-0.2, 0) is 29.2 Å². The number of benzene rings is 1. The van der Waals surface area contributed by atoms with Gasteiger partial charge in [-0.1, -0.05) is 49.4 Å². The molecule has 12 heteroatoms. The molecular formula is C28H38N10O2. The molecule has 212 valence electrons. The predicted molar refractivity (Wildman–Crippen MR) is 150 cm³/mol. The van der Waals surface area contributed by atoms with Crippen molar-refractivity contribution in [3.8, 4) is 0 Å². The largest absolute Gasteiger partial charge is 0.466 e. The third-order valence-corrected chi connectivity index (χ3v) is 7.63. The maximum Gasteiger partial charge on any atom is 0.312 e. The highest BCUT2D eigenvalue weighted by molar-refractivity contribution is 5.84. The molecule has 12 nitrogen and oxygen atoms in total. The van der Waals surface area contributed by atoms with Gasteiger partial charge >= 0.3 is 5.97 Å². The van der Waals surface area contributed by atoms with Crippen LogP contribution in [0.25, 0.3) is 11.3 Å². The molecule has 0 aliphatic rings. The second-order valence-corrected chi connectivity index (χ2v) is 11.1. The molecule has 40 heavy (non-hydrogen) atoms. The molecule has 4 rings (SSSR count). The van der Waals surface area contributed by atoms with Crippen molar-refractivity contribution in [3.63, 3.8) is 0 Å². The fourth-order valence-corrected chi connectivity index (χ4v) is 4.46. The number of hydrogen-bond donors (Lipinski definition) is 2. The van der Waals surface area contributed by atoms with Gasteiger partial charge in [-0.05, 0) is 50.7 Å². The number of aromatic amines is 2. The second-order valence-electron chi connectivity index (χ2n) is 11.1. The summed E-state index contributed by atoms with van der Waals surface area (Å²) in [5, 5.41) is 30.5. The van der Waals surface area contributed by atoms with Gasteiger partial charge in [0, 0.05) is 25.3 Å². The Bertz CT molecular complexity index is 1350. The topological polar surface area (TPSA) is 143 Å². The molecule has 0 unspecified atom stereocenters. The van der Waals surface area contributed by atoms with Crippen molar-refractivity contribution in [2.24, 2.45) is 10.8 Å². The average Bonchev–Trinajstić information content (AvgIpc) is 3.72. The third-order valence-electron chi connectivity index (χ3n) is 7.63. The van der Waals surface area contributed by atoms with Gasteiger partial charge in [-0.3, -0.25) is 9.69 Å². The van der Waals surface area contributed by atoms with E-state index in [0.29, 0.717) is 32.7 Å². The molecule has 2 N–H and O–H groups in total. The van der Waals surface area contributed by atoms with Crippen molar-refractivity contribution in [3.05, 3.63) is 71.6 Å². The summed E-state index contributed by atoms with van der Waals surface area (Å²) in [5.41, 5.74) is 4.39. The number of ether oxygens (including phenoxy) is 1. The van der Waals surface area contributed by atoms with E-state index in [9.17, 15) is 4.79 Å². The molecular weight excluding hydrogens is 508 g/mol. The van der Waals surface area contributed by atoms with E-state index >= 15 is 0 Å². The van der Waals surface area contributed by atoms with Crippen LogP contribution in [0, 0.1) is 10.8 Å². The lowest BCUT2D eigenvalue weighted by molar-refractivity contribution is -0.160. The van der Waals surface area contributed by atoms with E-state index in [4.69, 9.17) is 4.74 Å². The van der Waals surface area contributed by atoms with Crippen LogP contribution in [0.3, 0.4) is 0 Å². The summed E-state index contributed by atoms with van der Waals surface area (Å²) in [7, 11) is 0. The molecule has 0 fully saturated rings. The highest BCUT2D eigenvalue weighted by atomic mass is 16.5. The molecule has 4 aromatic rings. The first-order valence-electron chi connectivity index (χ1n) is 13.4. The van der Waals surface area contributed by atoms with Gasteiger partial charge in [0.05, 0.1) is 47.7 Å². The van der Waals surface area contributed by atoms with E-state index < -0.39 is 10.8 Å². The van der Waals surface area contributed by atoms with Crippen molar-refractivity contribution in [1.82, 2.24) is 50.7 Å². The normalized spacial score (nSPS) is 13.0. The maximum absolute atomic E-state index is 12.9. The molecule has 3 aromatic heterocycles. The molecule has 0 aliphatic carbocycles. The summed E-state index contributed by atoms with van der Waals surface area (Å²) in [6.07, 6.45) is 5.98. The zero-order valence-electron chi connectivity index (χ0n) is 24.0. The lowest BCUT2D eigenvalue weighted by atomic mass is 9.64. The van der Waals surface area contributed by atoms with Gasteiger partial charge in [-0.25, -0.2) is 4.68 Å². The quantitative estimate of drug-likeness (QED) is 0.237. The van der Waals surface area contributed by atoms with E-state index in [2.05, 4.69) is 72.0 Å². The summed E-state index contributed by atoms with van der Waals surface area (Å²) >= 11 is 0. The lowest BCUT2D eigenvalue weighted by Gasteiger charge is -2.40. The van der Waals surface area contributed by atoms with Gasteiger partial charge in [0.25, 0.3) is 0 Å². The minimum absolute atomic E-state index is 0.201. The fraction of sp³-hybridized carbons (Fsp3) is 0.464. The van der Waals surface area contributed by atoms with E-state index in [-0.39, 0.29) is 5.97 Å². The van der Waals surface area contributed by atoms with Crippen LogP contribution in [-0.4, -0.2) is 63.3 Å². The number of esters is 1. The van der Waals surface area contributed by atoms with Gasteiger partial charge in [0.15, 0.2) is 0 Å². The number of nitrogens with zero attached hydrogens (tertiary/aromatic N) is 8. The first kappa shape index (κ1) is 28.8. The number of hydrogen-bond acceptors (Lipinski definition) is 9. The number of carbonyl (C=O) groups excluding carboxylic acids is 1. The van der Waals surface area contributed by atoms with Crippen LogP contribution in [0.2, 0.25) is 0 Å². The number of allylic oxidation sites excluding steroid dienone is 2. The first-order valence-corrected chi connectivity index (χ1v) is 13.4. The van der Waals surface area contributed by atoms with Crippen LogP contribution in [0.4, 0.5) is 0 Å². The number of H-pyrrole nitrogens is 2. The molecule has 0 atom stereocenters. The molecule has 0 radical (unpaired) electrons. The minimum atomic E-state index is -0.709. The standard InChI is InChI=1S/C28H38N10O2/c1-7-40-26(39)28(5,6)27(3,4)13-25(21-11-9-8-10-12-21)20(2)38-19-24(33-36-38)18-37(16-22-14-29-34-31-22)17-23-15-30-35-32-23/h8-12,14-15,19H,7,13,16-18H2,1-6H3,(H,29,31,34)(H,30,32,35)/b25-20+. The second kappa shape index (κ2) is 12.3. The van der Waals surface area contributed by atoms with Gasteiger partial charge < -0.3 is 4.74 Å². The first-order chi connectivity index (χ1) is 19.1. The van der Waals surface area contributed by atoms with Gasteiger partial charge in [0.1, 0.15) is 0 Å². The Morgan fingerprint density at radius 3 is 2.10 bits per heavy atom. The van der Waals surface area contributed by atoms with E-state index in [1.807, 2.05) is 56.8 Å². The van der Waals surface area contributed by atoms with E-state index in [1.54, 1.807) is 12.4 Å². The smallest absolute Gasteiger partial charge is 0.312 e. The predicted octanol–water partition coefficient (Wildman–Crippen LogP) is 4.11. The Morgan fingerprint density at radius 2 is 1.55 bits per heavy atom. The molecule has 0 saturated carbocycles. The van der Waals surface area contributed by atoms with Gasteiger partial charge in [0.2, 0.25) is 0 Å². The average molecular weight is 547 g/mol. The lowest BCUT2D eigenvalue weighted by Crippen LogP contribution is -2.41. The van der Waals surface area contributed by atoms with Gasteiger partial charge in [-0.15, -0.1) is 5.10 Å². The zero-order valence-corrected chi connectivity index (χ0v) is 24.0. The van der Waals surface area contributed by atoms with Crippen molar-refractivity contribution < 1.29 is 9.53 Å². The molecule has 0 spiro atoms. The van der Waals surface area contributed by atoms with Crippen LogP contribution >= 0.6 is 0 Å². The van der Waals surface area contributed by atoms with Gasteiger partial charge in [-0.2, -0.15) is 30.8 Å². The van der Waals surface area contributed by atoms with Crippen LogP contribution < -0.4 is 0 Å². The molecule has 0 saturated heterocycles.